The van der Waals surface area contributed by atoms with E-state index in [4.69, 9.17) is 5.11 Å². The molecule has 0 radical (unpaired) electrons. The Kier molecular flexibility index (Phi) is 5.32. The predicted molar refractivity (Wildman–Crippen MR) is 77.8 cm³/mol. The Bertz CT molecular complexity index is 508. The van der Waals surface area contributed by atoms with Gasteiger partial charge in [0.25, 0.3) is 0 Å². The van der Waals surface area contributed by atoms with Crippen molar-refractivity contribution in [2.45, 2.75) is 50.7 Å². The van der Waals surface area contributed by atoms with Crippen LogP contribution in [0.4, 0.5) is 18.9 Å². The first-order chi connectivity index (χ1) is 10.3. The van der Waals surface area contributed by atoms with Crippen molar-refractivity contribution >= 4 is 11.7 Å². The van der Waals surface area contributed by atoms with Crippen LogP contribution in [0.3, 0.4) is 0 Å². The molecule has 1 saturated carbocycles. The average Bonchev–Trinajstić information content (AvgIpc) is 2.45. The first kappa shape index (κ1) is 16.6. The van der Waals surface area contributed by atoms with Gasteiger partial charge in [-0.3, -0.25) is 4.79 Å². The van der Waals surface area contributed by atoms with Crippen LogP contribution in [0.25, 0.3) is 0 Å². The summed E-state index contributed by atoms with van der Waals surface area (Å²) in [6.07, 6.45) is -2.17. The molecule has 1 aromatic rings. The quantitative estimate of drug-likeness (QED) is 0.854. The molecule has 22 heavy (non-hydrogen) atoms. The minimum atomic E-state index is -4.14. The van der Waals surface area contributed by atoms with E-state index in [0.717, 1.165) is 18.5 Å². The first-order valence-electron chi connectivity index (χ1n) is 7.48. The van der Waals surface area contributed by atoms with Gasteiger partial charge in [0.2, 0.25) is 0 Å². The zero-order chi connectivity index (χ0) is 16.2. The lowest BCUT2D eigenvalue weighted by atomic mass is 9.86. The topological polar surface area (TPSA) is 49.3 Å². The molecule has 1 aliphatic carbocycles. The lowest BCUT2D eigenvalue weighted by molar-refractivity contribution is -0.142. The van der Waals surface area contributed by atoms with Gasteiger partial charge in [-0.25, -0.2) is 0 Å². The third-order valence-corrected chi connectivity index (χ3v) is 4.07. The number of rotatable bonds is 5. The molecule has 2 N–H and O–H groups in total. The fourth-order valence-electron chi connectivity index (χ4n) is 2.82. The zero-order valence-electron chi connectivity index (χ0n) is 12.2. The average molecular weight is 315 g/mol. The van der Waals surface area contributed by atoms with Gasteiger partial charge in [-0.2, -0.15) is 13.2 Å². The van der Waals surface area contributed by atoms with Crippen LogP contribution < -0.4 is 5.32 Å². The van der Waals surface area contributed by atoms with Crippen molar-refractivity contribution in [1.29, 1.82) is 0 Å². The van der Waals surface area contributed by atoms with Crippen molar-refractivity contribution in [3.63, 3.8) is 0 Å². The van der Waals surface area contributed by atoms with Gasteiger partial charge in [-0.1, -0.05) is 12.1 Å². The number of nitrogens with one attached hydrogen (secondary N) is 1. The molecular formula is C16H20F3NO2. The van der Waals surface area contributed by atoms with Gasteiger partial charge in [0.1, 0.15) is 0 Å². The highest BCUT2D eigenvalue weighted by Gasteiger charge is 2.27. The van der Waals surface area contributed by atoms with E-state index in [-0.39, 0.29) is 18.4 Å². The van der Waals surface area contributed by atoms with E-state index in [9.17, 15) is 18.0 Å². The molecule has 0 bridgehead atoms. The number of carbonyl (C=O) groups is 1. The second kappa shape index (κ2) is 7.03. The summed E-state index contributed by atoms with van der Waals surface area (Å²) in [5, 5.41) is 12.3. The van der Waals surface area contributed by atoms with Crippen molar-refractivity contribution in [2.75, 3.05) is 5.32 Å². The highest BCUT2D eigenvalue weighted by molar-refractivity contribution is 5.70. The third-order valence-electron chi connectivity index (χ3n) is 4.07. The van der Waals surface area contributed by atoms with E-state index in [1.807, 2.05) is 6.07 Å². The number of aryl methyl sites for hydroxylation is 1. The van der Waals surface area contributed by atoms with E-state index >= 15 is 0 Å². The molecule has 0 spiro atoms. The van der Waals surface area contributed by atoms with Crippen molar-refractivity contribution < 1.29 is 23.1 Å². The molecule has 6 heteroatoms. The normalized spacial score (nSPS) is 22.3. The standard InChI is InChI=1S/C16H20F3NO2/c17-16(18,19)9-8-11-2-1-3-14(10-11)20-13-6-4-12(5-7-13)15(21)22/h1-3,10,12-13,20H,4-9H2,(H,21,22). The second-order valence-electron chi connectivity index (χ2n) is 5.85. The molecule has 0 unspecified atom stereocenters. The third kappa shape index (κ3) is 5.24. The van der Waals surface area contributed by atoms with Crippen molar-refractivity contribution in [2.24, 2.45) is 5.92 Å². The van der Waals surface area contributed by atoms with E-state index in [2.05, 4.69) is 5.32 Å². The van der Waals surface area contributed by atoms with Crippen molar-refractivity contribution in [3.05, 3.63) is 29.8 Å². The van der Waals surface area contributed by atoms with Crippen LogP contribution in [0.1, 0.15) is 37.7 Å². The first-order valence-corrected chi connectivity index (χ1v) is 7.48. The number of alkyl halides is 3. The SMILES string of the molecule is O=C(O)C1CCC(Nc2cccc(CCC(F)(F)F)c2)CC1. The lowest BCUT2D eigenvalue weighted by Crippen LogP contribution is -2.29. The minimum Gasteiger partial charge on any atom is -0.481 e. The molecule has 0 saturated heterocycles. The van der Waals surface area contributed by atoms with Crippen LogP contribution in [-0.4, -0.2) is 23.3 Å². The van der Waals surface area contributed by atoms with Gasteiger partial charge in [-0.15, -0.1) is 0 Å². The fourth-order valence-corrected chi connectivity index (χ4v) is 2.82. The molecule has 0 atom stereocenters. The van der Waals surface area contributed by atoms with Gasteiger partial charge in [0.05, 0.1) is 5.92 Å². The Morgan fingerprint density at radius 3 is 2.50 bits per heavy atom. The summed E-state index contributed by atoms with van der Waals surface area (Å²) in [7, 11) is 0. The Morgan fingerprint density at radius 2 is 1.91 bits per heavy atom. The van der Waals surface area contributed by atoms with Crippen molar-refractivity contribution in [3.8, 4) is 0 Å². The van der Waals surface area contributed by atoms with Crippen LogP contribution in [0.2, 0.25) is 0 Å². The van der Waals surface area contributed by atoms with Crippen LogP contribution in [0, 0.1) is 5.92 Å². The van der Waals surface area contributed by atoms with Gasteiger partial charge >= 0.3 is 12.1 Å². The number of anilines is 1. The van der Waals surface area contributed by atoms with E-state index in [1.54, 1.807) is 18.2 Å². The van der Waals surface area contributed by atoms with Crippen LogP contribution in [0.15, 0.2) is 24.3 Å². The number of carboxylic acid groups (broad SMARTS) is 1. The Labute approximate surface area is 127 Å². The van der Waals surface area contributed by atoms with Crippen molar-refractivity contribution in [1.82, 2.24) is 0 Å². The van der Waals surface area contributed by atoms with E-state index in [0.29, 0.717) is 18.4 Å². The minimum absolute atomic E-state index is 0.0230. The van der Waals surface area contributed by atoms with E-state index in [1.165, 1.54) is 0 Å². The summed E-state index contributed by atoms with van der Waals surface area (Å²) >= 11 is 0. The molecule has 122 valence electrons. The molecule has 2 rings (SSSR count). The number of hydrogen-bond donors (Lipinski definition) is 2. The molecule has 0 amide bonds. The number of benzene rings is 1. The second-order valence-corrected chi connectivity index (χ2v) is 5.85. The molecule has 1 fully saturated rings. The maximum atomic E-state index is 12.3. The number of halogens is 3. The van der Waals surface area contributed by atoms with Gasteiger partial charge in [0.15, 0.2) is 0 Å². The fraction of sp³-hybridized carbons (Fsp3) is 0.562. The number of hydrogen-bond acceptors (Lipinski definition) is 2. The molecular weight excluding hydrogens is 295 g/mol. The largest absolute Gasteiger partial charge is 0.481 e. The lowest BCUT2D eigenvalue weighted by Gasteiger charge is -2.27. The van der Waals surface area contributed by atoms with Gasteiger partial charge in [0, 0.05) is 18.2 Å². The molecule has 3 nitrogen and oxygen atoms in total. The van der Waals surface area contributed by atoms with Crippen LogP contribution in [0.5, 0.6) is 0 Å². The zero-order valence-corrected chi connectivity index (χ0v) is 12.2. The number of carboxylic acids is 1. The number of aliphatic carboxylic acids is 1. The maximum Gasteiger partial charge on any atom is 0.389 e. The molecule has 0 heterocycles. The highest BCUT2D eigenvalue weighted by atomic mass is 19.4. The van der Waals surface area contributed by atoms with Crippen LogP contribution >= 0.6 is 0 Å². The summed E-state index contributed by atoms with van der Waals surface area (Å²) in [5.41, 5.74) is 1.46. The predicted octanol–water partition coefficient (Wildman–Crippen LogP) is 4.24. The van der Waals surface area contributed by atoms with Gasteiger partial charge in [-0.05, 0) is 49.8 Å². The maximum absolute atomic E-state index is 12.3. The molecule has 0 aromatic heterocycles. The summed E-state index contributed by atoms with van der Waals surface area (Å²) in [5.74, 6) is -1.01. The van der Waals surface area contributed by atoms with Gasteiger partial charge < -0.3 is 10.4 Å². The summed E-state index contributed by atoms with van der Waals surface area (Å²) < 4.78 is 36.8. The Morgan fingerprint density at radius 1 is 1.23 bits per heavy atom. The molecule has 1 aromatic carbocycles. The highest BCUT2D eigenvalue weighted by Crippen LogP contribution is 2.28. The monoisotopic (exact) mass is 315 g/mol. The summed E-state index contributed by atoms with van der Waals surface area (Å²) in [4.78, 5) is 10.9. The Hall–Kier alpha value is -1.72. The summed E-state index contributed by atoms with van der Waals surface area (Å²) in [6, 6.07) is 7.21. The smallest absolute Gasteiger partial charge is 0.389 e. The Balaban J connectivity index is 1.87. The van der Waals surface area contributed by atoms with Crippen LogP contribution in [-0.2, 0) is 11.2 Å². The molecule has 0 aliphatic heterocycles. The summed E-state index contributed by atoms with van der Waals surface area (Å²) in [6.45, 7) is 0. The molecule has 1 aliphatic rings. The van der Waals surface area contributed by atoms with E-state index < -0.39 is 18.6 Å².